The van der Waals surface area contributed by atoms with Crippen molar-refractivity contribution in [3.63, 3.8) is 0 Å². The molecule has 2 aliphatic heterocycles. The Balaban J connectivity index is 1.71. The molecule has 1 aromatic rings. The first-order valence-corrected chi connectivity index (χ1v) is 9.34. The monoisotopic (exact) mass is 347 g/mol. The normalized spacial score (nSPS) is 24.6. The summed E-state index contributed by atoms with van der Waals surface area (Å²) in [6.07, 6.45) is 5.21. The molecule has 1 amide bonds. The van der Waals surface area contributed by atoms with Crippen LogP contribution >= 0.6 is 0 Å². The van der Waals surface area contributed by atoms with Gasteiger partial charge >= 0.3 is 0 Å². The molecule has 3 heterocycles. The fraction of sp³-hybridized carbons (Fsp3) is 0.722. The van der Waals surface area contributed by atoms with Crippen LogP contribution in [0.2, 0.25) is 0 Å². The van der Waals surface area contributed by atoms with Crippen molar-refractivity contribution in [3.8, 4) is 0 Å². The molecule has 0 saturated carbocycles. The summed E-state index contributed by atoms with van der Waals surface area (Å²) in [4.78, 5) is 24.8. The fourth-order valence-electron chi connectivity index (χ4n) is 3.92. The van der Waals surface area contributed by atoms with Crippen LogP contribution in [0.15, 0.2) is 12.4 Å². The Morgan fingerprint density at radius 2 is 1.92 bits per heavy atom. The maximum absolute atomic E-state index is 11.5. The molecule has 0 spiro atoms. The molecule has 138 valence electrons. The lowest BCUT2D eigenvalue weighted by molar-refractivity contribution is -0.119. The number of hydrogen-bond acceptors (Lipinski definition) is 6. The molecule has 2 fully saturated rings. The molecule has 2 atom stereocenters. The van der Waals surface area contributed by atoms with E-state index in [0.29, 0.717) is 5.92 Å². The lowest BCUT2D eigenvalue weighted by Crippen LogP contribution is -2.39. The Hall–Kier alpha value is -1.89. The van der Waals surface area contributed by atoms with Gasteiger partial charge in [0, 0.05) is 39.2 Å². The highest BCUT2D eigenvalue weighted by Gasteiger charge is 2.33. The first-order valence-electron chi connectivity index (χ1n) is 9.34. The third-order valence-corrected chi connectivity index (χ3v) is 5.24. The van der Waals surface area contributed by atoms with Gasteiger partial charge in [0.2, 0.25) is 5.91 Å². The molecule has 25 heavy (non-hydrogen) atoms. The van der Waals surface area contributed by atoms with Crippen LogP contribution in [0.3, 0.4) is 0 Å². The first kappa shape index (κ1) is 17.9. The van der Waals surface area contributed by atoms with Crippen molar-refractivity contribution in [3.05, 3.63) is 12.4 Å². The number of rotatable bonds is 5. The number of aliphatic hydroxyl groups is 1. The van der Waals surface area contributed by atoms with Gasteiger partial charge in [-0.3, -0.25) is 4.79 Å². The van der Waals surface area contributed by atoms with E-state index in [1.807, 2.05) is 6.07 Å². The molecular weight excluding hydrogens is 318 g/mol. The van der Waals surface area contributed by atoms with Crippen molar-refractivity contribution >= 4 is 17.5 Å². The summed E-state index contributed by atoms with van der Waals surface area (Å²) < 4.78 is 0. The number of anilines is 2. The van der Waals surface area contributed by atoms with Gasteiger partial charge in [0.1, 0.15) is 18.0 Å². The topological polar surface area (TPSA) is 81.6 Å². The van der Waals surface area contributed by atoms with Crippen LogP contribution in [0.25, 0.3) is 0 Å². The molecule has 0 bridgehead atoms. The minimum atomic E-state index is -0.190. The quantitative estimate of drug-likeness (QED) is 0.832. The Labute approximate surface area is 149 Å². The van der Waals surface area contributed by atoms with Crippen LogP contribution in [0.4, 0.5) is 11.6 Å². The van der Waals surface area contributed by atoms with Crippen molar-refractivity contribution in [2.75, 3.05) is 36.0 Å². The minimum Gasteiger partial charge on any atom is -0.393 e. The zero-order valence-electron chi connectivity index (χ0n) is 15.2. The zero-order valence-corrected chi connectivity index (χ0v) is 15.2. The van der Waals surface area contributed by atoms with Gasteiger partial charge in [0.05, 0.1) is 12.1 Å². The first-order chi connectivity index (χ1) is 12.1. The summed E-state index contributed by atoms with van der Waals surface area (Å²) >= 11 is 0. The Morgan fingerprint density at radius 3 is 2.56 bits per heavy atom. The second-order valence-electron chi connectivity index (χ2n) is 7.21. The molecule has 3 rings (SSSR count). The summed E-state index contributed by atoms with van der Waals surface area (Å²) in [6.45, 7) is 7.11. The smallest absolute Gasteiger partial charge is 0.217 e. The number of piperidine rings is 1. The standard InChI is InChI=1S/C18H29N5O2/c1-3-4-14-10-23(11-16(14)21-13(2)24)18-9-17(19-12-20-18)22-7-5-15(25)6-8-22/h9,12,14-16,25H,3-8,10-11H2,1-2H3,(H,21,24)/t14-,16-/m0/s1. The Morgan fingerprint density at radius 1 is 1.24 bits per heavy atom. The average molecular weight is 347 g/mol. The molecule has 0 aliphatic carbocycles. The van der Waals surface area contributed by atoms with Gasteiger partial charge in [-0.25, -0.2) is 9.97 Å². The van der Waals surface area contributed by atoms with E-state index in [0.717, 1.165) is 63.5 Å². The van der Waals surface area contributed by atoms with Crippen LogP contribution < -0.4 is 15.1 Å². The summed E-state index contributed by atoms with van der Waals surface area (Å²) in [5.41, 5.74) is 0. The van der Waals surface area contributed by atoms with E-state index >= 15 is 0 Å². The van der Waals surface area contributed by atoms with E-state index in [9.17, 15) is 9.90 Å². The lowest BCUT2D eigenvalue weighted by atomic mass is 9.98. The number of aliphatic hydroxyl groups excluding tert-OH is 1. The van der Waals surface area contributed by atoms with E-state index < -0.39 is 0 Å². The fourth-order valence-corrected chi connectivity index (χ4v) is 3.92. The van der Waals surface area contributed by atoms with Gasteiger partial charge in [0.25, 0.3) is 0 Å². The van der Waals surface area contributed by atoms with Crippen LogP contribution in [0, 0.1) is 5.92 Å². The SMILES string of the molecule is CCC[C@H]1CN(c2cc(N3CCC(O)CC3)ncn2)C[C@@H]1NC(C)=O. The number of carbonyl (C=O) groups is 1. The molecule has 2 aliphatic rings. The molecule has 7 nitrogen and oxygen atoms in total. The van der Waals surface area contributed by atoms with Gasteiger partial charge in [-0.2, -0.15) is 0 Å². The van der Waals surface area contributed by atoms with E-state index in [2.05, 4.69) is 32.0 Å². The molecule has 7 heteroatoms. The van der Waals surface area contributed by atoms with Gasteiger partial charge in [-0.05, 0) is 25.2 Å². The molecule has 2 saturated heterocycles. The van der Waals surface area contributed by atoms with Crippen molar-refractivity contribution in [1.29, 1.82) is 0 Å². The molecular formula is C18H29N5O2. The number of hydrogen-bond donors (Lipinski definition) is 2. The number of aromatic nitrogens is 2. The van der Waals surface area contributed by atoms with Crippen LogP contribution in [-0.2, 0) is 4.79 Å². The van der Waals surface area contributed by atoms with Crippen molar-refractivity contribution in [2.45, 2.75) is 51.7 Å². The molecule has 0 aromatic carbocycles. The van der Waals surface area contributed by atoms with Crippen LogP contribution in [0.5, 0.6) is 0 Å². The third-order valence-electron chi connectivity index (χ3n) is 5.24. The van der Waals surface area contributed by atoms with E-state index in [1.54, 1.807) is 13.3 Å². The van der Waals surface area contributed by atoms with Gasteiger partial charge < -0.3 is 20.2 Å². The Bertz CT molecular complexity index is 589. The Kier molecular flexibility index (Phi) is 5.73. The largest absolute Gasteiger partial charge is 0.393 e. The third kappa shape index (κ3) is 4.39. The highest BCUT2D eigenvalue weighted by molar-refractivity contribution is 5.73. The number of carbonyl (C=O) groups excluding carboxylic acids is 1. The minimum absolute atomic E-state index is 0.0307. The van der Waals surface area contributed by atoms with Crippen molar-refractivity contribution in [1.82, 2.24) is 15.3 Å². The molecule has 0 unspecified atom stereocenters. The number of nitrogens with one attached hydrogen (secondary N) is 1. The molecule has 2 N–H and O–H groups in total. The summed E-state index contributed by atoms with van der Waals surface area (Å²) in [5, 5.41) is 12.8. The van der Waals surface area contributed by atoms with Gasteiger partial charge in [-0.15, -0.1) is 0 Å². The molecule has 0 radical (unpaired) electrons. The maximum Gasteiger partial charge on any atom is 0.217 e. The van der Waals surface area contributed by atoms with E-state index in [-0.39, 0.29) is 18.1 Å². The van der Waals surface area contributed by atoms with E-state index in [1.165, 1.54) is 0 Å². The van der Waals surface area contributed by atoms with Crippen molar-refractivity contribution < 1.29 is 9.90 Å². The zero-order chi connectivity index (χ0) is 17.8. The maximum atomic E-state index is 11.5. The second kappa shape index (κ2) is 7.99. The van der Waals surface area contributed by atoms with Gasteiger partial charge in [0.15, 0.2) is 0 Å². The predicted molar refractivity (Wildman–Crippen MR) is 97.7 cm³/mol. The second-order valence-corrected chi connectivity index (χ2v) is 7.21. The van der Waals surface area contributed by atoms with Crippen molar-refractivity contribution in [2.24, 2.45) is 5.92 Å². The summed E-state index contributed by atoms with van der Waals surface area (Å²) in [5.74, 6) is 2.33. The van der Waals surface area contributed by atoms with E-state index in [4.69, 9.17) is 0 Å². The number of amides is 1. The van der Waals surface area contributed by atoms with Crippen LogP contribution in [0.1, 0.15) is 39.5 Å². The summed E-state index contributed by atoms with van der Waals surface area (Å²) in [6, 6.07) is 2.22. The highest BCUT2D eigenvalue weighted by Crippen LogP contribution is 2.28. The van der Waals surface area contributed by atoms with Crippen LogP contribution in [-0.4, -0.2) is 59.3 Å². The summed E-state index contributed by atoms with van der Waals surface area (Å²) in [7, 11) is 0. The molecule has 1 aromatic heterocycles. The average Bonchev–Trinajstić information content (AvgIpc) is 2.98. The van der Waals surface area contributed by atoms with Gasteiger partial charge in [-0.1, -0.05) is 13.3 Å². The predicted octanol–water partition coefficient (Wildman–Crippen LogP) is 1.18. The highest BCUT2D eigenvalue weighted by atomic mass is 16.3. The lowest BCUT2D eigenvalue weighted by Gasteiger charge is -2.31. The number of nitrogens with zero attached hydrogens (tertiary/aromatic N) is 4.